The van der Waals surface area contributed by atoms with E-state index in [1.54, 1.807) is 0 Å². The van der Waals surface area contributed by atoms with Crippen LogP contribution in [0.2, 0.25) is 0 Å². The van der Waals surface area contributed by atoms with Crippen LogP contribution < -0.4 is 0 Å². The molecule has 0 unspecified atom stereocenters. The van der Waals surface area contributed by atoms with E-state index in [0.29, 0.717) is 2.74 Å². The Morgan fingerprint density at radius 3 is 1.50 bits per heavy atom. The van der Waals surface area contributed by atoms with Crippen LogP contribution in [-0.4, -0.2) is 2.74 Å². The van der Waals surface area contributed by atoms with E-state index < -0.39 is 4.82 Å². The molecular weight excluding hydrogens is 172 g/mol. The summed E-state index contributed by atoms with van der Waals surface area (Å²) < 4.78 is 0.673. The molecule has 34 valence electrons. The third-order valence-corrected chi connectivity index (χ3v) is 24.3. The monoisotopic (exact) mass is 172 g/mol. The SMILES string of the molecule is S=S123SC1(S2)S3. The van der Waals surface area contributed by atoms with E-state index in [0.717, 1.165) is 0 Å². The third kappa shape index (κ3) is 0.146. The van der Waals surface area contributed by atoms with Gasteiger partial charge in [0.25, 0.3) is 0 Å². The van der Waals surface area contributed by atoms with Gasteiger partial charge in [-0.05, 0) is 48.4 Å². The molecule has 3 aliphatic heterocycles. The summed E-state index contributed by atoms with van der Waals surface area (Å²) >= 11 is 5.28. The van der Waals surface area contributed by atoms with Crippen molar-refractivity contribution < 1.29 is 0 Å². The van der Waals surface area contributed by atoms with Gasteiger partial charge in [0.15, 0.2) is 2.74 Å². The van der Waals surface area contributed by atoms with Crippen LogP contribution in [0.4, 0.5) is 0 Å². The molecule has 0 atom stereocenters. The first-order chi connectivity index (χ1) is 2.68. The van der Waals surface area contributed by atoms with E-state index >= 15 is 0 Å². The number of rotatable bonds is 0. The Morgan fingerprint density at radius 2 is 1.50 bits per heavy atom. The average Bonchev–Trinajstić information content (AvgIpc) is 1.71. The largest absolute Gasteiger partial charge is 0.196 e. The van der Waals surface area contributed by atoms with E-state index in [4.69, 9.17) is 11.2 Å². The molecule has 3 fully saturated rings. The summed E-state index contributed by atoms with van der Waals surface area (Å²) in [5.74, 6) is 0. The molecule has 6 heavy (non-hydrogen) atoms. The average molecular weight is 172 g/mol. The Morgan fingerprint density at radius 1 is 1.33 bits per heavy atom. The molecule has 0 aliphatic carbocycles. The smallest absolute Gasteiger partial charge is 0.0441 e. The Kier molecular flexibility index (Phi) is 0.296. The van der Waals surface area contributed by atoms with Gasteiger partial charge in [0.2, 0.25) is 0 Å². The highest BCUT2D eigenvalue weighted by molar-refractivity contribution is 9.84. The maximum absolute atomic E-state index is 5.28. The Balaban J connectivity index is 2.74. The topological polar surface area (TPSA) is 0 Å². The summed E-state index contributed by atoms with van der Waals surface area (Å²) in [5.41, 5.74) is 0. The molecule has 0 spiro atoms. The molecule has 3 rings (SSSR count). The summed E-state index contributed by atoms with van der Waals surface area (Å²) in [4.78, 5) is -0.954. The molecule has 3 saturated heterocycles. The van der Waals surface area contributed by atoms with Gasteiger partial charge in [0.1, 0.15) is 0 Å². The van der Waals surface area contributed by atoms with E-state index in [2.05, 4.69) is 32.4 Å². The summed E-state index contributed by atoms with van der Waals surface area (Å²) in [5, 5.41) is 0. The van der Waals surface area contributed by atoms with E-state index in [1.165, 1.54) is 0 Å². The van der Waals surface area contributed by atoms with Crippen molar-refractivity contribution in [3.05, 3.63) is 0 Å². The van der Waals surface area contributed by atoms with Crippen molar-refractivity contribution in [1.29, 1.82) is 0 Å². The van der Waals surface area contributed by atoms with Crippen LogP contribution in [0.5, 0.6) is 0 Å². The fraction of sp³-hybridized carbons (Fsp3) is 1.00. The maximum Gasteiger partial charge on any atom is 0.196 e. The first-order valence-corrected chi connectivity index (χ1v) is 8.45. The molecule has 0 aromatic carbocycles. The van der Waals surface area contributed by atoms with Gasteiger partial charge in [-0.1, -0.05) is 0 Å². The van der Waals surface area contributed by atoms with Crippen LogP contribution in [0.25, 0.3) is 0 Å². The molecule has 0 radical (unpaired) electrons. The van der Waals surface area contributed by atoms with E-state index in [9.17, 15) is 0 Å². The lowest BCUT2D eigenvalue weighted by molar-refractivity contribution is 2.14. The normalized spacial score (nSPS) is 77.7. The van der Waals surface area contributed by atoms with Crippen LogP contribution in [-0.2, 0) is 16.0 Å². The molecule has 0 nitrogen and oxygen atoms in total. The standard InChI is InChI=1S/CS5/c2-6-1(3-6,4-6)5-6. The summed E-state index contributed by atoms with van der Waals surface area (Å²) in [6, 6.07) is 0. The number of hydrogen-bond acceptors (Lipinski definition) is 4. The van der Waals surface area contributed by atoms with Gasteiger partial charge in [-0.2, -0.15) is 0 Å². The lowest BCUT2D eigenvalue weighted by Crippen LogP contribution is -1.75. The quantitative estimate of drug-likeness (QED) is 0.403. The molecule has 3 heterocycles. The Hall–Kier alpha value is 1.62. The van der Waals surface area contributed by atoms with Gasteiger partial charge >= 0.3 is 0 Å². The fourth-order valence-corrected chi connectivity index (χ4v) is 29.1. The maximum atomic E-state index is 5.28. The zero-order valence-corrected chi connectivity index (χ0v) is 6.62. The molecule has 0 N–H and O–H groups in total. The van der Waals surface area contributed by atoms with Crippen LogP contribution in [0.15, 0.2) is 0 Å². The van der Waals surface area contributed by atoms with Gasteiger partial charge < -0.3 is 0 Å². The minimum atomic E-state index is -0.954. The summed E-state index contributed by atoms with van der Waals surface area (Å²) in [7, 11) is 6.15. The van der Waals surface area contributed by atoms with E-state index in [-0.39, 0.29) is 0 Å². The fourth-order valence-electron chi connectivity index (χ4n) is 0.496. The van der Waals surface area contributed by atoms with Crippen LogP contribution >= 0.6 is 32.4 Å². The second kappa shape index (κ2) is 0.492. The summed E-state index contributed by atoms with van der Waals surface area (Å²) in [6.07, 6.45) is 0. The second-order valence-electron chi connectivity index (χ2n) is 1.49. The van der Waals surface area contributed by atoms with Gasteiger partial charge in [-0.3, -0.25) is 0 Å². The highest BCUT2D eigenvalue weighted by Gasteiger charge is 3.08. The molecule has 0 aromatic rings. The van der Waals surface area contributed by atoms with Crippen molar-refractivity contribution in [2.75, 3.05) is 0 Å². The zero-order chi connectivity index (χ0) is 4.07. The van der Waals surface area contributed by atoms with Crippen molar-refractivity contribution >= 4 is 48.4 Å². The first kappa shape index (κ1) is 3.61. The molecule has 0 bridgehead atoms. The molecule has 0 saturated carbocycles. The van der Waals surface area contributed by atoms with Crippen LogP contribution in [0.1, 0.15) is 0 Å². The minimum absolute atomic E-state index is 0.673. The van der Waals surface area contributed by atoms with Crippen molar-refractivity contribution in [1.82, 2.24) is 0 Å². The van der Waals surface area contributed by atoms with Gasteiger partial charge in [0.05, 0.1) is 0 Å². The molecular formula is CS5. The Labute approximate surface area is 50.9 Å². The van der Waals surface area contributed by atoms with Gasteiger partial charge in [0, 0.05) is 0 Å². The first-order valence-electron chi connectivity index (χ1n) is 1.48. The molecule has 3 aliphatic rings. The molecule has 0 amide bonds. The predicted octanol–water partition coefficient (Wildman–Crippen LogP) is 1.73. The Bertz CT molecular complexity index is 183. The molecule has 5 heteroatoms. The zero-order valence-electron chi connectivity index (χ0n) is 2.54. The lowest BCUT2D eigenvalue weighted by Gasteiger charge is -2.06. The highest BCUT2D eigenvalue weighted by Crippen LogP contribution is 3.27. The number of hydrogen-bond donors (Lipinski definition) is 0. The highest BCUT2D eigenvalue weighted by atomic mass is 34.1. The van der Waals surface area contributed by atoms with Crippen LogP contribution in [0, 0.1) is 0 Å². The van der Waals surface area contributed by atoms with E-state index in [1.807, 2.05) is 0 Å². The van der Waals surface area contributed by atoms with Gasteiger partial charge in [-0.15, -0.1) is 0 Å². The summed E-state index contributed by atoms with van der Waals surface area (Å²) in [6.45, 7) is 0. The predicted molar refractivity (Wildman–Crippen MR) is 40.2 cm³/mol. The van der Waals surface area contributed by atoms with Crippen molar-refractivity contribution in [3.63, 3.8) is 0 Å². The third-order valence-electron chi connectivity index (χ3n) is 1.07. The van der Waals surface area contributed by atoms with Crippen LogP contribution in [0.3, 0.4) is 0 Å². The molecule has 0 aromatic heterocycles. The minimum Gasteiger partial charge on any atom is -0.0441 e. The van der Waals surface area contributed by atoms with Crippen molar-refractivity contribution in [2.24, 2.45) is 0 Å². The van der Waals surface area contributed by atoms with Crippen molar-refractivity contribution in [3.8, 4) is 0 Å². The van der Waals surface area contributed by atoms with Crippen molar-refractivity contribution in [2.45, 2.75) is 2.74 Å². The van der Waals surface area contributed by atoms with Gasteiger partial charge in [-0.25, -0.2) is 0 Å². The lowest BCUT2D eigenvalue weighted by atomic mass is 11.8. The second-order valence-corrected chi connectivity index (χ2v) is 20.8.